The summed E-state index contributed by atoms with van der Waals surface area (Å²) in [5, 5.41) is 0. The Morgan fingerprint density at radius 3 is 2.92 bits per heavy atom. The topological polar surface area (TPSA) is 26.3 Å². The molecule has 0 radical (unpaired) electrons. The van der Waals surface area contributed by atoms with Gasteiger partial charge in [-0.05, 0) is 32.8 Å². The highest BCUT2D eigenvalue weighted by atomic mass is 16.5. The standard InChI is InChI=1S/C11H14O2/c1-10(2)7-6-11(7)8(12)4-3-5-9(11)13-10/h3-4,7,9H,5-6H2,1-2H3/t7-,9-,11-/m0/s1. The van der Waals surface area contributed by atoms with Crippen molar-refractivity contribution in [3.63, 3.8) is 0 Å². The first kappa shape index (κ1) is 7.74. The number of hydrogen-bond donors (Lipinski definition) is 0. The third-order valence-corrected chi connectivity index (χ3v) is 3.94. The molecule has 0 N–H and O–H groups in total. The third kappa shape index (κ3) is 0.715. The van der Waals surface area contributed by atoms with Crippen LogP contribution in [0.1, 0.15) is 26.7 Å². The molecule has 2 heteroatoms. The van der Waals surface area contributed by atoms with Gasteiger partial charge >= 0.3 is 0 Å². The molecule has 2 nitrogen and oxygen atoms in total. The lowest BCUT2D eigenvalue weighted by molar-refractivity contribution is -0.125. The predicted molar refractivity (Wildman–Crippen MR) is 48.3 cm³/mol. The van der Waals surface area contributed by atoms with Crippen molar-refractivity contribution >= 4 is 5.78 Å². The zero-order valence-corrected chi connectivity index (χ0v) is 8.04. The Morgan fingerprint density at radius 1 is 1.54 bits per heavy atom. The Labute approximate surface area is 78.0 Å². The van der Waals surface area contributed by atoms with Crippen LogP contribution in [0, 0.1) is 11.3 Å². The van der Waals surface area contributed by atoms with Crippen molar-refractivity contribution in [1.82, 2.24) is 0 Å². The van der Waals surface area contributed by atoms with Gasteiger partial charge in [-0.25, -0.2) is 0 Å². The number of ketones is 1. The Balaban J connectivity index is 2.05. The van der Waals surface area contributed by atoms with Crippen molar-refractivity contribution in [1.29, 1.82) is 0 Å². The van der Waals surface area contributed by atoms with E-state index in [1.54, 1.807) is 6.08 Å². The second-order valence-corrected chi connectivity index (χ2v) is 5.01. The molecule has 2 fully saturated rings. The number of allylic oxidation sites excluding steroid dienone is 1. The minimum Gasteiger partial charge on any atom is -0.371 e. The third-order valence-electron chi connectivity index (χ3n) is 3.94. The molecule has 1 aliphatic heterocycles. The molecule has 1 heterocycles. The quantitative estimate of drug-likeness (QED) is 0.564. The maximum atomic E-state index is 11.8. The van der Waals surface area contributed by atoms with E-state index in [-0.39, 0.29) is 17.1 Å². The van der Waals surface area contributed by atoms with Crippen LogP contribution >= 0.6 is 0 Å². The van der Waals surface area contributed by atoms with E-state index in [0.29, 0.717) is 11.7 Å². The van der Waals surface area contributed by atoms with Gasteiger partial charge in [0.15, 0.2) is 5.78 Å². The van der Waals surface area contributed by atoms with Gasteiger partial charge in [-0.2, -0.15) is 0 Å². The van der Waals surface area contributed by atoms with Gasteiger partial charge < -0.3 is 4.74 Å². The zero-order chi connectivity index (χ0) is 9.27. The average molecular weight is 178 g/mol. The molecule has 13 heavy (non-hydrogen) atoms. The molecule has 0 aromatic rings. The van der Waals surface area contributed by atoms with E-state index in [1.165, 1.54) is 0 Å². The van der Waals surface area contributed by atoms with E-state index < -0.39 is 0 Å². The van der Waals surface area contributed by atoms with Crippen LogP contribution in [0.5, 0.6) is 0 Å². The monoisotopic (exact) mass is 178 g/mol. The van der Waals surface area contributed by atoms with Gasteiger partial charge in [0, 0.05) is 5.92 Å². The Hall–Kier alpha value is -0.630. The summed E-state index contributed by atoms with van der Waals surface area (Å²) >= 11 is 0. The van der Waals surface area contributed by atoms with Crippen LogP contribution in [-0.2, 0) is 9.53 Å². The Morgan fingerprint density at radius 2 is 2.31 bits per heavy atom. The number of carbonyl (C=O) groups is 1. The van der Waals surface area contributed by atoms with E-state index >= 15 is 0 Å². The van der Waals surface area contributed by atoms with Crippen LogP contribution in [0.2, 0.25) is 0 Å². The van der Waals surface area contributed by atoms with Gasteiger partial charge in [-0.15, -0.1) is 0 Å². The summed E-state index contributed by atoms with van der Waals surface area (Å²) in [4.78, 5) is 11.8. The molecule has 0 aromatic heterocycles. The van der Waals surface area contributed by atoms with E-state index in [1.807, 2.05) is 6.08 Å². The first-order chi connectivity index (χ1) is 6.07. The maximum absolute atomic E-state index is 11.8. The molecule has 70 valence electrons. The van der Waals surface area contributed by atoms with Crippen LogP contribution < -0.4 is 0 Å². The molecule has 1 saturated heterocycles. The Bertz CT molecular complexity index is 316. The first-order valence-corrected chi connectivity index (χ1v) is 4.96. The van der Waals surface area contributed by atoms with Gasteiger partial charge in [0.05, 0.1) is 17.1 Å². The SMILES string of the molecule is CC1(C)O[C@H]2CC=CC(=O)[C@@]23C[C@@H]13. The van der Waals surface area contributed by atoms with Crippen molar-refractivity contribution in [2.75, 3.05) is 0 Å². The largest absolute Gasteiger partial charge is 0.371 e. The van der Waals surface area contributed by atoms with E-state index in [9.17, 15) is 4.79 Å². The van der Waals surface area contributed by atoms with Crippen LogP contribution in [0.3, 0.4) is 0 Å². The summed E-state index contributed by atoms with van der Waals surface area (Å²) in [6, 6.07) is 0. The van der Waals surface area contributed by atoms with Crippen LogP contribution in [0.25, 0.3) is 0 Å². The second-order valence-electron chi connectivity index (χ2n) is 5.01. The molecule has 3 aliphatic rings. The number of carbonyl (C=O) groups excluding carboxylic acids is 1. The van der Waals surface area contributed by atoms with Crippen molar-refractivity contribution in [3.8, 4) is 0 Å². The summed E-state index contributed by atoms with van der Waals surface area (Å²) in [6.07, 6.45) is 5.85. The normalized spacial score (nSPS) is 50.2. The van der Waals surface area contributed by atoms with Gasteiger partial charge in [0.1, 0.15) is 0 Å². The minimum atomic E-state index is -0.0990. The molecular weight excluding hydrogens is 164 g/mol. The summed E-state index contributed by atoms with van der Waals surface area (Å²) in [5.41, 5.74) is -0.176. The van der Waals surface area contributed by atoms with E-state index in [4.69, 9.17) is 4.74 Å². The van der Waals surface area contributed by atoms with Crippen LogP contribution in [0.15, 0.2) is 12.2 Å². The zero-order valence-electron chi connectivity index (χ0n) is 8.04. The summed E-state index contributed by atoms with van der Waals surface area (Å²) < 4.78 is 5.90. The molecule has 3 rings (SSSR count). The fraction of sp³-hybridized carbons (Fsp3) is 0.727. The lowest BCUT2D eigenvalue weighted by atomic mass is 9.84. The van der Waals surface area contributed by atoms with E-state index in [0.717, 1.165) is 12.8 Å². The van der Waals surface area contributed by atoms with E-state index in [2.05, 4.69) is 13.8 Å². The van der Waals surface area contributed by atoms with Crippen molar-refractivity contribution in [2.45, 2.75) is 38.4 Å². The average Bonchev–Trinajstić information content (AvgIpc) is 2.71. The second kappa shape index (κ2) is 1.90. The molecule has 1 saturated carbocycles. The number of rotatable bonds is 0. The highest BCUT2D eigenvalue weighted by molar-refractivity contribution is 5.99. The first-order valence-electron chi connectivity index (χ1n) is 4.96. The van der Waals surface area contributed by atoms with Crippen molar-refractivity contribution in [3.05, 3.63) is 12.2 Å². The predicted octanol–water partition coefficient (Wildman–Crippen LogP) is 1.70. The molecule has 3 atom stereocenters. The summed E-state index contributed by atoms with van der Waals surface area (Å²) in [7, 11) is 0. The highest BCUT2D eigenvalue weighted by Crippen LogP contribution is 2.69. The summed E-state index contributed by atoms with van der Waals surface area (Å²) in [6.45, 7) is 4.22. The molecule has 0 aromatic carbocycles. The fourth-order valence-electron chi connectivity index (χ4n) is 3.20. The highest BCUT2D eigenvalue weighted by Gasteiger charge is 2.74. The molecule has 0 bridgehead atoms. The maximum Gasteiger partial charge on any atom is 0.164 e. The molecule has 2 aliphatic carbocycles. The number of ether oxygens (including phenoxy) is 1. The number of hydrogen-bond acceptors (Lipinski definition) is 2. The fourth-order valence-corrected chi connectivity index (χ4v) is 3.20. The van der Waals surface area contributed by atoms with Crippen molar-refractivity contribution in [2.24, 2.45) is 11.3 Å². The van der Waals surface area contributed by atoms with Gasteiger partial charge in [0.2, 0.25) is 0 Å². The van der Waals surface area contributed by atoms with Gasteiger partial charge in [0.25, 0.3) is 0 Å². The lowest BCUT2D eigenvalue weighted by Gasteiger charge is -2.26. The summed E-state index contributed by atoms with van der Waals surface area (Å²) in [5.74, 6) is 0.779. The van der Waals surface area contributed by atoms with Gasteiger partial charge in [-0.3, -0.25) is 4.79 Å². The molecule has 0 amide bonds. The van der Waals surface area contributed by atoms with Crippen molar-refractivity contribution < 1.29 is 9.53 Å². The van der Waals surface area contributed by atoms with Crippen LogP contribution in [0.4, 0.5) is 0 Å². The molecule has 0 unspecified atom stereocenters. The van der Waals surface area contributed by atoms with Crippen LogP contribution in [-0.4, -0.2) is 17.5 Å². The Kier molecular flexibility index (Phi) is 1.13. The minimum absolute atomic E-state index is 0.0770. The lowest BCUT2D eigenvalue weighted by Crippen LogP contribution is -2.31. The molecule has 1 spiro atoms. The molecular formula is C11H14O2. The van der Waals surface area contributed by atoms with Gasteiger partial charge in [-0.1, -0.05) is 6.08 Å². The smallest absolute Gasteiger partial charge is 0.164 e.